The topological polar surface area (TPSA) is 66.4 Å². The fourth-order valence-corrected chi connectivity index (χ4v) is 3.84. The van der Waals surface area contributed by atoms with Crippen LogP contribution in [-0.2, 0) is 9.59 Å². The fraction of sp³-hybridized carbons (Fsp3) is 0.400. The zero-order chi connectivity index (χ0) is 17.5. The monoisotopic (exact) mass is 325 g/mol. The Morgan fingerprint density at radius 2 is 1.75 bits per heavy atom. The quantitative estimate of drug-likeness (QED) is 0.884. The average molecular weight is 325 g/mol. The number of hydrogen-bond donors (Lipinski definition) is 2. The van der Waals surface area contributed by atoms with E-state index >= 15 is 0 Å². The van der Waals surface area contributed by atoms with Gasteiger partial charge in [0.05, 0.1) is 5.41 Å². The number of carboxylic acid groups (broad SMARTS) is 1. The van der Waals surface area contributed by atoms with Crippen molar-refractivity contribution in [3.63, 3.8) is 0 Å². The Hall–Kier alpha value is -2.36. The summed E-state index contributed by atoms with van der Waals surface area (Å²) in [5.74, 6) is -1.24. The standard InChI is InChI=1S/C20H23NO3/c1-19(2)16(10-11-20(19,3)18(23)24)17(22)21-15-9-8-13-6-4-5-7-14(13)12-15/h4-9,12,16H,10-11H2,1-3H3,(H,21,22)(H,23,24)/t16-,20+/m1/s1. The second kappa shape index (κ2) is 5.62. The smallest absolute Gasteiger partial charge is 0.309 e. The summed E-state index contributed by atoms with van der Waals surface area (Å²) in [5, 5.41) is 14.7. The van der Waals surface area contributed by atoms with E-state index in [1.165, 1.54) is 0 Å². The summed E-state index contributed by atoms with van der Waals surface area (Å²) in [6, 6.07) is 13.8. The number of rotatable bonds is 3. The van der Waals surface area contributed by atoms with Crippen LogP contribution < -0.4 is 5.32 Å². The molecule has 0 saturated heterocycles. The first-order valence-electron chi connectivity index (χ1n) is 8.29. The van der Waals surface area contributed by atoms with Crippen LogP contribution in [0.1, 0.15) is 33.6 Å². The lowest BCUT2D eigenvalue weighted by atomic mass is 9.65. The molecule has 24 heavy (non-hydrogen) atoms. The van der Waals surface area contributed by atoms with Gasteiger partial charge in [-0.25, -0.2) is 0 Å². The van der Waals surface area contributed by atoms with E-state index in [1.54, 1.807) is 6.92 Å². The fourth-order valence-electron chi connectivity index (χ4n) is 3.84. The van der Waals surface area contributed by atoms with Gasteiger partial charge in [0, 0.05) is 11.6 Å². The second-order valence-corrected chi connectivity index (χ2v) is 7.50. The minimum Gasteiger partial charge on any atom is -0.481 e. The molecule has 2 atom stereocenters. The average Bonchev–Trinajstić information content (AvgIpc) is 2.78. The van der Waals surface area contributed by atoms with Crippen LogP contribution in [0, 0.1) is 16.7 Å². The molecule has 0 aromatic heterocycles. The molecule has 0 bridgehead atoms. The molecule has 1 saturated carbocycles. The van der Waals surface area contributed by atoms with Gasteiger partial charge in [0.1, 0.15) is 0 Å². The summed E-state index contributed by atoms with van der Waals surface area (Å²) < 4.78 is 0. The largest absolute Gasteiger partial charge is 0.481 e. The van der Waals surface area contributed by atoms with Crippen LogP contribution in [0.25, 0.3) is 10.8 Å². The predicted molar refractivity (Wildman–Crippen MR) is 94.8 cm³/mol. The number of amides is 1. The number of carbonyl (C=O) groups excluding carboxylic acids is 1. The number of benzene rings is 2. The summed E-state index contributed by atoms with van der Waals surface area (Å²) in [7, 11) is 0. The van der Waals surface area contributed by atoms with E-state index in [2.05, 4.69) is 5.32 Å². The van der Waals surface area contributed by atoms with Crippen LogP contribution in [-0.4, -0.2) is 17.0 Å². The van der Waals surface area contributed by atoms with Crippen LogP contribution in [0.3, 0.4) is 0 Å². The van der Waals surface area contributed by atoms with Crippen LogP contribution >= 0.6 is 0 Å². The number of fused-ring (bicyclic) bond motifs is 1. The molecule has 0 aliphatic heterocycles. The van der Waals surface area contributed by atoms with E-state index in [0.29, 0.717) is 12.8 Å². The molecule has 1 fully saturated rings. The highest BCUT2D eigenvalue weighted by molar-refractivity contribution is 5.96. The molecule has 1 amide bonds. The summed E-state index contributed by atoms with van der Waals surface area (Å²) >= 11 is 0. The van der Waals surface area contributed by atoms with Crippen molar-refractivity contribution in [3.05, 3.63) is 42.5 Å². The highest BCUT2D eigenvalue weighted by Crippen LogP contribution is 2.56. The summed E-state index contributed by atoms with van der Waals surface area (Å²) in [4.78, 5) is 24.5. The van der Waals surface area contributed by atoms with E-state index in [0.717, 1.165) is 16.5 Å². The first kappa shape index (κ1) is 16.5. The number of carbonyl (C=O) groups is 2. The Labute approximate surface area is 141 Å². The van der Waals surface area contributed by atoms with Gasteiger partial charge in [0.2, 0.25) is 5.91 Å². The number of carboxylic acids is 1. The molecule has 2 aromatic carbocycles. The molecule has 0 spiro atoms. The molecule has 1 aliphatic rings. The third-order valence-electron chi connectivity index (χ3n) is 6.03. The highest BCUT2D eigenvalue weighted by atomic mass is 16.4. The van der Waals surface area contributed by atoms with Gasteiger partial charge in [0.15, 0.2) is 0 Å². The first-order valence-corrected chi connectivity index (χ1v) is 8.29. The van der Waals surface area contributed by atoms with Crippen LogP contribution in [0.4, 0.5) is 5.69 Å². The van der Waals surface area contributed by atoms with E-state index in [9.17, 15) is 14.7 Å². The Bertz CT molecular complexity index is 811. The van der Waals surface area contributed by atoms with Gasteiger partial charge in [-0.1, -0.05) is 44.2 Å². The first-order chi connectivity index (χ1) is 11.3. The Balaban J connectivity index is 1.83. The Morgan fingerprint density at radius 1 is 1.08 bits per heavy atom. The van der Waals surface area contributed by atoms with E-state index in [-0.39, 0.29) is 11.8 Å². The van der Waals surface area contributed by atoms with Gasteiger partial charge in [-0.2, -0.15) is 0 Å². The third kappa shape index (κ3) is 2.46. The molecule has 0 radical (unpaired) electrons. The van der Waals surface area contributed by atoms with E-state index in [4.69, 9.17) is 0 Å². The van der Waals surface area contributed by atoms with E-state index < -0.39 is 16.8 Å². The number of hydrogen-bond acceptors (Lipinski definition) is 2. The Morgan fingerprint density at radius 3 is 2.38 bits per heavy atom. The maximum Gasteiger partial charge on any atom is 0.309 e. The molecule has 1 aliphatic carbocycles. The van der Waals surface area contributed by atoms with Crippen molar-refractivity contribution in [2.75, 3.05) is 5.32 Å². The highest BCUT2D eigenvalue weighted by Gasteiger charge is 2.58. The van der Waals surface area contributed by atoms with Crippen LogP contribution in [0.15, 0.2) is 42.5 Å². The van der Waals surface area contributed by atoms with E-state index in [1.807, 2.05) is 56.3 Å². The minimum atomic E-state index is -0.877. The predicted octanol–water partition coefficient (Wildman–Crippen LogP) is 4.31. The maximum atomic E-state index is 12.8. The van der Waals surface area contributed by atoms with Crippen molar-refractivity contribution < 1.29 is 14.7 Å². The molecule has 2 aromatic rings. The lowest BCUT2D eigenvalue weighted by Gasteiger charge is -2.37. The van der Waals surface area contributed by atoms with Gasteiger partial charge in [-0.3, -0.25) is 9.59 Å². The normalized spacial score (nSPS) is 25.5. The lowest BCUT2D eigenvalue weighted by Crippen LogP contribution is -2.43. The Kier molecular flexibility index (Phi) is 3.86. The van der Waals surface area contributed by atoms with Crippen LogP contribution in [0.2, 0.25) is 0 Å². The van der Waals surface area contributed by atoms with Crippen LogP contribution in [0.5, 0.6) is 0 Å². The van der Waals surface area contributed by atoms with Crippen molar-refractivity contribution in [2.24, 2.45) is 16.7 Å². The summed E-state index contributed by atoms with van der Waals surface area (Å²) in [6.07, 6.45) is 1.11. The zero-order valence-electron chi connectivity index (χ0n) is 14.3. The molecule has 0 heterocycles. The van der Waals surface area contributed by atoms with Crippen molar-refractivity contribution in [2.45, 2.75) is 33.6 Å². The summed E-state index contributed by atoms with van der Waals surface area (Å²) in [6.45, 7) is 5.52. The van der Waals surface area contributed by atoms with Crippen molar-refractivity contribution in [1.29, 1.82) is 0 Å². The number of aliphatic carboxylic acids is 1. The maximum absolute atomic E-state index is 12.8. The molecule has 3 rings (SSSR count). The number of anilines is 1. The minimum absolute atomic E-state index is 0.0970. The molecule has 4 heteroatoms. The van der Waals surface area contributed by atoms with Crippen molar-refractivity contribution in [3.8, 4) is 0 Å². The molecule has 2 N–H and O–H groups in total. The third-order valence-corrected chi connectivity index (χ3v) is 6.03. The molecule has 126 valence electrons. The van der Waals surface area contributed by atoms with Gasteiger partial charge in [-0.15, -0.1) is 0 Å². The second-order valence-electron chi connectivity index (χ2n) is 7.50. The zero-order valence-corrected chi connectivity index (χ0v) is 14.3. The molecular weight excluding hydrogens is 302 g/mol. The molecule has 0 unspecified atom stereocenters. The number of nitrogens with one attached hydrogen (secondary N) is 1. The SMILES string of the molecule is CC1(C)[C@@H](C(=O)Nc2ccc3ccccc3c2)CC[C@@]1(C)C(=O)O. The lowest BCUT2D eigenvalue weighted by molar-refractivity contribution is -0.154. The molecular formula is C20H23NO3. The van der Waals surface area contributed by atoms with Gasteiger partial charge >= 0.3 is 5.97 Å². The van der Waals surface area contributed by atoms with Crippen molar-refractivity contribution in [1.82, 2.24) is 0 Å². The van der Waals surface area contributed by atoms with Gasteiger partial charge < -0.3 is 10.4 Å². The van der Waals surface area contributed by atoms with Gasteiger partial charge in [0.25, 0.3) is 0 Å². The molecule has 4 nitrogen and oxygen atoms in total. The van der Waals surface area contributed by atoms with Gasteiger partial charge in [-0.05, 0) is 48.1 Å². The summed E-state index contributed by atoms with van der Waals surface area (Å²) in [5.41, 5.74) is -0.726. The van der Waals surface area contributed by atoms with Crippen molar-refractivity contribution >= 4 is 28.3 Å².